The summed E-state index contributed by atoms with van der Waals surface area (Å²) in [6.45, 7) is 2.65. The Bertz CT molecular complexity index is 339. The molecule has 15 heavy (non-hydrogen) atoms. The van der Waals surface area contributed by atoms with Crippen LogP contribution < -0.4 is 5.59 Å². The molecule has 1 aromatic carbocycles. The first-order valence-corrected chi connectivity index (χ1v) is 5.06. The Morgan fingerprint density at radius 3 is 2.80 bits per heavy atom. The Kier molecular flexibility index (Phi) is 2.99. The first-order chi connectivity index (χ1) is 7.25. The Labute approximate surface area is 89.3 Å². The highest BCUT2D eigenvalue weighted by Gasteiger charge is 2.22. The molecule has 1 heterocycles. The summed E-state index contributed by atoms with van der Waals surface area (Å²) in [6.07, 6.45) is 0.949. The van der Waals surface area contributed by atoms with Gasteiger partial charge in [-0.15, -0.1) is 0 Å². The lowest BCUT2D eigenvalue weighted by Gasteiger charge is -2.20. The van der Waals surface area contributed by atoms with Gasteiger partial charge in [-0.1, -0.05) is 35.9 Å². The van der Waals surface area contributed by atoms with Crippen LogP contribution in [0.3, 0.4) is 0 Å². The molecule has 0 saturated carbocycles. The summed E-state index contributed by atoms with van der Waals surface area (Å²) in [5, 5.41) is 9.25. The van der Waals surface area contributed by atoms with Gasteiger partial charge < -0.3 is 4.84 Å². The molecule has 0 aliphatic carbocycles. The van der Waals surface area contributed by atoms with Crippen molar-refractivity contribution < 1.29 is 4.84 Å². The minimum atomic E-state index is 0.273. The SMILES string of the molecule is CC(Cc1ccccc1)N1CC(=N)ON1. The van der Waals surface area contributed by atoms with Gasteiger partial charge in [0.2, 0.25) is 5.90 Å². The maximum Gasteiger partial charge on any atom is 0.224 e. The smallest absolute Gasteiger partial charge is 0.224 e. The van der Waals surface area contributed by atoms with Gasteiger partial charge in [-0.05, 0) is 18.9 Å². The largest absolute Gasteiger partial charge is 0.377 e. The Morgan fingerprint density at radius 1 is 1.47 bits per heavy atom. The second kappa shape index (κ2) is 4.42. The lowest BCUT2D eigenvalue weighted by molar-refractivity contribution is 0.0277. The van der Waals surface area contributed by atoms with Gasteiger partial charge in [-0.25, -0.2) is 0 Å². The van der Waals surface area contributed by atoms with E-state index in [-0.39, 0.29) is 5.90 Å². The Balaban J connectivity index is 1.92. The van der Waals surface area contributed by atoms with Crippen LogP contribution in [0.5, 0.6) is 0 Å². The van der Waals surface area contributed by atoms with Crippen molar-refractivity contribution >= 4 is 5.90 Å². The van der Waals surface area contributed by atoms with Crippen molar-refractivity contribution in [2.24, 2.45) is 0 Å². The zero-order chi connectivity index (χ0) is 10.7. The average molecular weight is 205 g/mol. The van der Waals surface area contributed by atoms with Crippen LogP contribution in [0, 0.1) is 5.41 Å². The molecule has 1 saturated heterocycles. The van der Waals surface area contributed by atoms with E-state index in [9.17, 15) is 0 Å². The molecule has 0 aromatic heterocycles. The minimum Gasteiger partial charge on any atom is -0.377 e. The maximum atomic E-state index is 7.33. The van der Waals surface area contributed by atoms with E-state index in [2.05, 4.69) is 24.6 Å². The van der Waals surface area contributed by atoms with Crippen LogP contribution in [-0.2, 0) is 11.3 Å². The van der Waals surface area contributed by atoms with E-state index in [1.807, 2.05) is 23.2 Å². The Hall–Kier alpha value is -1.39. The Morgan fingerprint density at radius 2 is 2.20 bits per heavy atom. The molecule has 0 bridgehead atoms. The third-order valence-corrected chi connectivity index (χ3v) is 2.51. The summed E-state index contributed by atoms with van der Waals surface area (Å²) >= 11 is 0. The predicted molar refractivity (Wildman–Crippen MR) is 58.3 cm³/mol. The number of hydrogen-bond acceptors (Lipinski definition) is 4. The molecule has 0 radical (unpaired) electrons. The van der Waals surface area contributed by atoms with Gasteiger partial charge in [0.1, 0.15) is 0 Å². The molecular formula is C11H15N3O. The molecule has 1 aliphatic rings. The van der Waals surface area contributed by atoms with E-state index in [1.165, 1.54) is 5.56 Å². The topological polar surface area (TPSA) is 48.4 Å². The van der Waals surface area contributed by atoms with Crippen molar-refractivity contribution in [3.63, 3.8) is 0 Å². The normalized spacial score (nSPS) is 18.9. The van der Waals surface area contributed by atoms with Gasteiger partial charge in [0.25, 0.3) is 0 Å². The monoisotopic (exact) mass is 205 g/mol. The highest BCUT2D eigenvalue weighted by molar-refractivity contribution is 5.75. The van der Waals surface area contributed by atoms with Crippen molar-refractivity contribution in [3.05, 3.63) is 35.9 Å². The van der Waals surface area contributed by atoms with Crippen LogP contribution in [0.25, 0.3) is 0 Å². The summed E-state index contributed by atoms with van der Waals surface area (Å²) in [6, 6.07) is 10.6. The summed E-state index contributed by atoms with van der Waals surface area (Å²) in [5.74, 6) is 0.273. The van der Waals surface area contributed by atoms with E-state index in [0.29, 0.717) is 12.6 Å². The predicted octanol–water partition coefficient (Wildman–Crippen LogP) is 1.35. The van der Waals surface area contributed by atoms with Gasteiger partial charge in [-0.3, -0.25) is 5.41 Å². The zero-order valence-electron chi connectivity index (χ0n) is 8.73. The van der Waals surface area contributed by atoms with Crippen LogP contribution in [0.1, 0.15) is 12.5 Å². The summed E-state index contributed by atoms with van der Waals surface area (Å²) in [7, 11) is 0. The van der Waals surface area contributed by atoms with Gasteiger partial charge >= 0.3 is 0 Å². The van der Waals surface area contributed by atoms with Crippen LogP contribution in [0.15, 0.2) is 30.3 Å². The van der Waals surface area contributed by atoms with E-state index >= 15 is 0 Å². The van der Waals surface area contributed by atoms with Crippen LogP contribution in [0.4, 0.5) is 0 Å². The van der Waals surface area contributed by atoms with Crippen LogP contribution >= 0.6 is 0 Å². The third kappa shape index (κ3) is 2.55. The molecule has 1 aliphatic heterocycles. The van der Waals surface area contributed by atoms with Gasteiger partial charge in [0.15, 0.2) is 0 Å². The van der Waals surface area contributed by atoms with E-state index in [1.54, 1.807) is 0 Å². The molecule has 1 aromatic rings. The number of rotatable bonds is 3. The first kappa shape index (κ1) is 10.1. The van der Waals surface area contributed by atoms with Crippen molar-refractivity contribution in [2.75, 3.05) is 6.54 Å². The molecule has 2 N–H and O–H groups in total. The first-order valence-electron chi connectivity index (χ1n) is 5.06. The number of benzene rings is 1. The second-order valence-electron chi connectivity index (χ2n) is 3.78. The molecule has 0 spiro atoms. The summed E-state index contributed by atoms with van der Waals surface area (Å²) in [4.78, 5) is 4.88. The fraction of sp³-hybridized carbons (Fsp3) is 0.364. The van der Waals surface area contributed by atoms with Gasteiger partial charge in [0, 0.05) is 6.04 Å². The van der Waals surface area contributed by atoms with Gasteiger partial charge in [0.05, 0.1) is 6.54 Å². The van der Waals surface area contributed by atoms with Gasteiger partial charge in [-0.2, -0.15) is 5.01 Å². The fourth-order valence-corrected chi connectivity index (χ4v) is 1.64. The number of hydrazine groups is 1. The van der Waals surface area contributed by atoms with E-state index in [4.69, 9.17) is 10.2 Å². The lowest BCUT2D eigenvalue weighted by Crippen LogP contribution is -2.39. The molecule has 2 rings (SSSR count). The van der Waals surface area contributed by atoms with Crippen molar-refractivity contribution in [2.45, 2.75) is 19.4 Å². The quantitative estimate of drug-likeness (QED) is 0.783. The summed E-state index contributed by atoms with van der Waals surface area (Å²) < 4.78 is 0. The number of nitrogens with zero attached hydrogens (tertiary/aromatic N) is 1. The molecular weight excluding hydrogens is 190 g/mol. The van der Waals surface area contributed by atoms with E-state index < -0.39 is 0 Å². The molecule has 1 atom stereocenters. The van der Waals surface area contributed by atoms with Crippen LogP contribution in [-0.4, -0.2) is 23.5 Å². The number of hydrogen-bond donors (Lipinski definition) is 2. The molecule has 4 nitrogen and oxygen atoms in total. The van der Waals surface area contributed by atoms with Crippen LogP contribution in [0.2, 0.25) is 0 Å². The third-order valence-electron chi connectivity index (χ3n) is 2.51. The molecule has 80 valence electrons. The van der Waals surface area contributed by atoms with E-state index in [0.717, 1.165) is 6.42 Å². The lowest BCUT2D eigenvalue weighted by atomic mass is 10.1. The minimum absolute atomic E-state index is 0.273. The molecule has 4 heteroatoms. The highest BCUT2D eigenvalue weighted by atomic mass is 16.7. The number of nitrogens with one attached hydrogen (secondary N) is 2. The maximum absolute atomic E-state index is 7.33. The zero-order valence-corrected chi connectivity index (χ0v) is 8.73. The second-order valence-corrected chi connectivity index (χ2v) is 3.78. The van der Waals surface area contributed by atoms with Crippen molar-refractivity contribution in [3.8, 4) is 0 Å². The van der Waals surface area contributed by atoms with Crippen molar-refractivity contribution in [1.82, 2.24) is 10.6 Å². The summed E-state index contributed by atoms with van der Waals surface area (Å²) in [5.41, 5.74) is 4.03. The fourth-order valence-electron chi connectivity index (χ4n) is 1.64. The average Bonchev–Trinajstić information content (AvgIpc) is 2.66. The molecule has 0 amide bonds. The highest BCUT2D eigenvalue weighted by Crippen LogP contribution is 2.09. The standard InChI is InChI=1S/C11H15N3O/c1-9(14-8-11(12)15-13-14)7-10-5-3-2-4-6-10/h2-6,9,12-13H,7-8H2,1H3. The van der Waals surface area contributed by atoms with Crippen molar-refractivity contribution in [1.29, 1.82) is 5.41 Å². The molecule has 1 unspecified atom stereocenters. The molecule has 1 fully saturated rings.